The lowest BCUT2D eigenvalue weighted by Crippen LogP contribution is -2.38. The van der Waals surface area contributed by atoms with Gasteiger partial charge in [-0.15, -0.1) is 0 Å². The molecule has 5 heteroatoms. The zero-order valence-corrected chi connectivity index (χ0v) is 9.64. The van der Waals surface area contributed by atoms with E-state index in [1.165, 1.54) is 20.1 Å². The van der Waals surface area contributed by atoms with Crippen LogP contribution in [-0.2, 0) is 23.8 Å². The summed E-state index contributed by atoms with van der Waals surface area (Å²) in [5, 5.41) is 0. The van der Waals surface area contributed by atoms with E-state index >= 15 is 0 Å². The van der Waals surface area contributed by atoms with Crippen molar-refractivity contribution in [3.05, 3.63) is 12.3 Å². The lowest BCUT2D eigenvalue weighted by Gasteiger charge is -2.31. The maximum atomic E-state index is 10.8. The van der Waals surface area contributed by atoms with Crippen molar-refractivity contribution < 1.29 is 23.8 Å². The van der Waals surface area contributed by atoms with E-state index in [1.54, 1.807) is 6.08 Å². The predicted octanol–water partition coefficient (Wildman–Crippen LogP) is 1.03. The van der Waals surface area contributed by atoms with E-state index in [4.69, 9.17) is 14.2 Å². The second kappa shape index (κ2) is 5.53. The fourth-order valence-electron chi connectivity index (χ4n) is 1.46. The summed E-state index contributed by atoms with van der Waals surface area (Å²) in [5.74, 6) is -0.739. The summed E-state index contributed by atoms with van der Waals surface area (Å²) < 4.78 is 15.3. The van der Waals surface area contributed by atoms with Crippen molar-refractivity contribution in [1.82, 2.24) is 0 Å². The number of carbonyl (C=O) groups excluding carboxylic acids is 2. The molecule has 0 saturated heterocycles. The van der Waals surface area contributed by atoms with Crippen molar-refractivity contribution in [3.8, 4) is 0 Å². The van der Waals surface area contributed by atoms with Gasteiger partial charge < -0.3 is 14.2 Å². The first-order valence-corrected chi connectivity index (χ1v) is 5.13. The van der Waals surface area contributed by atoms with Crippen molar-refractivity contribution in [2.24, 2.45) is 5.92 Å². The third-order valence-electron chi connectivity index (χ3n) is 2.38. The van der Waals surface area contributed by atoms with Crippen LogP contribution < -0.4 is 0 Å². The highest BCUT2D eigenvalue weighted by molar-refractivity contribution is 5.66. The Bertz CT molecular complexity index is 297. The summed E-state index contributed by atoms with van der Waals surface area (Å²) in [6.07, 6.45) is 2.54. The molecular weight excluding hydrogens is 212 g/mol. The van der Waals surface area contributed by atoms with Crippen molar-refractivity contribution in [2.75, 3.05) is 6.61 Å². The predicted molar refractivity (Wildman–Crippen MR) is 55.4 cm³/mol. The molecule has 16 heavy (non-hydrogen) atoms. The summed E-state index contributed by atoms with van der Waals surface area (Å²) in [4.78, 5) is 21.5. The Hall–Kier alpha value is -1.52. The number of carbonyl (C=O) groups is 2. The molecule has 1 rings (SSSR count). The van der Waals surface area contributed by atoms with Crippen LogP contribution in [0.4, 0.5) is 0 Å². The summed E-state index contributed by atoms with van der Waals surface area (Å²) in [6.45, 7) is 4.74. The maximum Gasteiger partial charge on any atom is 0.303 e. The number of ether oxygens (including phenoxy) is 3. The summed E-state index contributed by atoms with van der Waals surface area (Å²) in [5.41, 5.74) is 0. The first-order valence-electron chi connectivity index (χ1n) is 5.13. The normalized spacial score (nSPS) is 28.1. The Morgan fingerprint density at radius 1 is 1.31 bits per heavy atom. The van der Waals surface area contributed by atoms with Crippen LogP contribution in [0.2, 0.25) is 0 Å². The molecule has 5 nitrogen and oxygen atoms in total. The van der Waals surface area contributed by atoms with Gasteiger partial charge >= 0.3 is 11.9 Å². The van der Waals surface area contributed by atoms with Crippen molar-refractivity contribution in [1.29, 1.82) is 0 Å². The molecule has 0 saturated carbocycles. The van der Waals surface area contributed by atoms with E-state index in [-0.39, 0.29) is 36.7 Å². The van der Waals surface area contributed by atoms with Crippen LogP contribution in [0, 0.1) is 5.92 Å². The Labute approximate surface area is 94.4 Å². The summed E-state index contributed by atoms with van der Waals surface area (Å²) in [6, 6.07) is 0. The molecule has 0 amide bonds. The highest BCUT2D eigenvalue weighted by Crippen LogP contribution is 2.22. The van der Waals surface area contributed by atoms with Crippen LogP contribution in [0.15, 0.2) is 12.3 Å². The standard InChI is InChI=1S/C11H16O5/c1-7-10(16-9(3)13)4-5-14-11(7)6-15-8(2)12/h4-5,7,10-11H,6H2,1-3H3. The van der Waals surface area contributed by atoms with Gasteiger partial charge in [0.2, 0.25) is 0 Å². The van der Waals surface area contributed by atoms with Gasteiger partial charge in [0, 0.05) is 19.8 Å². The van der Waals surface area contributed by atoms with E-state index in [0.717, 1.165) is 0 Å². The molecule has 0 N–H and O–H groups in total. The SMILES string of the molecule is CC(=O)OCC1OC=CC(OC(C)=O)C1C. The van der Waals surface area contributed by atoms with E-state index in [9.17, 15) is 9.59 Å². The monoisotopic (exact) mass is 228 g/mol. The van der Waals surface area contributed by atoms with Crippen LogP contribution in [-0.4, -0.2) is 30.8 Å². The number of esters is 2. The molecule has 0 bridgehead atoms. The second-order valence-corrected chi connectivity index (χ2v) is 3.74. The largest absolute Gasteiger partial charge is 0.494 e. The van der Waals surface area contributed by atoms with Crippen LogP contribution in [0.25, 0.3) is 0 Å². The highest BCUT2D eigenvalue weighted by atomic mass is 16.6. The summed E-state index contributed by atoms with van der Waals surface area (Å²) >= 11 is 0. The zero-order chi connectivity index (χ0) is 12.1. The lowest BCUT2D eigenvalue weighted by molar-refractivity contribution is -0.155. The zero-order valence-electron chi connectivity index (χ0n) is 9.64. The Balaban J connectivity index is 2.52. The topological polar surface area (TPSA) is 61.8 Å². The average molecular weight is 228 g/mol. The van der Waals surface area contributed by atoms with E-state index in [0.29, 0.717) is 0 Å². The molecule has 0 spiro atoms. The van der Waals surface area contributed by atoms with Crippen molar-refractivity contribution >= 4 is 11.9 Å². The van der Waals surface area contributed by atoms with Crippen LogP contribution in [0.1, 0.15) is 20.8 Å². The first-order chi connectivity index (χ1) is 7.50. The molecule has 1 aliphatic heterocycles. The first kappa shape index (κ1) is 12.5. The molecule has 1 heterocycles. The fourth-order valence-corrected chi connectivity index (χ4v) is 1.46. The van der Waals surface area contributed by atoms with Crippen molar-refractivity contribution in [3.63, 3.8) is 0 Å². The molecule has 0 aliphatic carbocycles. The third kappa shape index (κ3) is 3.56. The smallest absolute Gasteiger partial charge is 0.303 e. The Morgan fingerprint density at radius 3 is 2.56 bits per heavy atom. The van der Waals surface area contributed by atoms with Gasteiger partial charge in [0.15, 0.2) is 0 Å². The molecule has 1 aliphatic rings. The van der Waals surface area contributed by atoms with Gasteiger partial charge in [-0.1, -0.05) is 6.92 Å². The number of hydrogen-bond donors (Lipinski definition) is 0. The quantitative estimate of drug-likeness (QED) is 0.675. The minimum absolute atomic E-state index is 0.0479. The molecule has 0 aromatic heterocycles. The summed E-state index contributed by atoms with van der Waals surface area (Å²) in [7, 11) is 0. The Kier molecular flexibility index (Phi) is 4.34. The molecule has 3 atom stereocenters. The maximum absolute atomic E-state index is 10.8. The molecule has 3 unspecified atom stereocenters. The van der Waals surface area contributed by atoms with Gasteiger partial charge in [-0.05, 0) is 6.08 Å². The van der Waals surface area contributed by atoms with Gasteiger partial charge in [-0.25, -0.2) is 0 Å². The van der Waals surface area contributed by atoms with Gasteiger partial charge in [0.1, 0.15) is 18.8 Å². The lowest BCUT2D eigenvalue weighted by atomic mass is 9.96. The van der Waals surface area contributed by atoms with Gasteiger partial charge in [-0.3, -0.25) is 9.59 Å². The number of rotatable bonds is 3. The average Bonchev–Trinajstić information content (AvgIpc) is 2.18. The van der Waals surface area contributed by atoms with Crippen LogP contribution in [0.5, 0.6) is 0 Å². The van der Waals surface area contributed by atoms with Crippen LogP contribution >= 0.6 is 0 Å². The van der Waals surface area contributed by atoms with Crippen LogP contribution in [0.3, 0.4) is 0 Å². The fraction of sp³-hybridized carbons (Fsp3) is 0.636. The van der Waals surface area contributed by atoms with E-state index in [2.05, 4.69) is 0 Å². The van der Waals surface area contributed by atoms with Gasteiger partial charge in [0.25, 0.3) is 0 Å². The van der Waals surface area contributed by atoms with Crippen molar-refractivity contribution in [2.45, 2.75) is 33.0 Å². The number of hydrogen-bond acceptors (Lipinski definition) is 5. The Morgan fingerprint density at radius 2 is 2.00 bits per heavy atom. The highest BCUT2D eigenvalue weighted by Gasteiger charge is 2.31. The van der Waals surface area contributed by atoms with Gasteiger partial charge in [-0.2, -0.15) is 0 Å². The molecule has 0 fully saturated rings. The molecule has 0 aromatic carbocycles. The molecule has 90 valence electrons. The van der Waals surface area contributed by atoms with Gasteiger partial charge in [0.05, 0.1) is 6.26 Å². The second-order valence-electron chi connectivity index (χ2n) is 3.74. The van der Waals surface area contributed by atoms with E-state index < -0.39 is 0 Å². The minimum atomic E-state index is -0.352. The minimum Gasteiger partial charge on any atom is -0.494 e. The molecular formula is C11H16O5. The molecule has 0 radical (unpaired) electrons. The van der Waals surface area contributed by atoms with E-state index in [1.807, 2.05) is 6.92 Å². The molecule has 0 aromatic rings. The third-order valence-corrected chi connectivity index (χ3v) is 2.38.